The normalized spacial score (nSPS) is 10.3. The van der Waals surface area contributed by atoms with Crippen LogP contribution < -0.4 is 10.6 Å². The zero-order chi connectivity index (χ0) is 18.4. The summed E-state index contributed by atoms with van der Waals surface area (Å²) in [6.07, 6.45) is 1.84. The second kappa shape index (κ2) is 8.14. The largest absolute Gasteiger partial charge is 0.481 e. The number of aryl methyl sites for hydroxylation is 1. The van der Waals surface area contributed by atoms with Crippen LogP contribution in [0.5, 0.6) is 0 Å². The molecule has 1 aromatic heterocycles. The summed E-state index contributed by atoms with van der Waals surface area (Å²) in [6.45, 7) is 4.24. The molecule has 2 amide bonds. The molecule has 0 saturated carbocycles. The van der Waals surface area contributed by atoms with Crippen molar-refractivity contribution < 1.29 is 23.9 Å². The first-order valence-electron chi connectivity index (χ1n) is 7.90. The molecule has 0 spiro atoms. The highest BCUT2D eigenvalue weighted by atomic mass is 16.4. The van der Waals surface area contributed by atoms with Crippen molar-refractivity contribution in [2.24, 2.45) is 0 Å². The van der Waals surface area contributed by atoms with Crippen molar-refractivity contribution >= 4 is 23.5 Å². The molecule has 2 aromatic rings. The number of carbonyl (C=O) groups is 3. The Balaban J connectivity index is 2.10. The molecule has 3 N–H and O–H groups in total. The molecule has 0 bridgehead atoms. The lowest BCUT2D eigenvalue weighted by Gasteiger charge is -2.08. The first-order valence-corrected chi connectivity index (χ1v) is 7.90. The summed E-state index contributed by atoms with van der Waals surface area (Å²) in [7, 11) is 0. The number of nitrogens with one attached hydrogen (secondary N) is 2. The third kappa shape index (κ3) is 4.69. The molecular weight excluding hydrogens is 324 g/mol. The van der Waals surface area contributed by atoms with Gasteiger partial charge in [0.25, 0.3) is 11.8 Å². The Hall–Kier alpha value is -3.09. The summed E-state index contributed by atoms with van der Waals surface area (Å²) in [5.41, 5.74) is 1.77. The van der Waals surface area contributed by atoms with Gasteiger partial charge in [0, 0.05) is 23.4 Å². The van der Waals surface area contributed by atoms with Crippen molar-refractivity contribution in [3.63, 3.8) is 0 Å². The van der Waals surface area contributed by atoms with E-state index < -0.39 is 11.9 Å². The molecule has 0 saturated heterocycles. The first-order chi connectivity index (χ1) is 11.9. The molecule has 7 nitrogen and oxygen atoms in total. The Bertz CT molecular complexity index is 777. The number of furan rings is 1. The minimum atomic E-state index is -1.08. The quantitative estimate of drug-likeness (QED) is 0.715. The number of rotatable bonds is 7. The highest BCUT2D eigenvalue weighted by molar-refractivity contribution is 6.06. The number of carboxylic acids is 1. The lowest BCUT2D eigenvalue weighted by atomic mass is 10.1. The summed E-state index contributed by atoms with van der Waals surface area (Å²) in [4.78, 5) is 35.1. The fourth-order valence-corrected chi connectivity index (χ4v) is 2.31. The van der Waals surface area contributed by atoms with E-state index in [2.05, 4.69) is 10.6 Å². The molecule has 0 aliphatic heterocycles. The predicted molar refractivity (Wildman–Crippen MR) is 91.8 cm³/mol. The van der Waals surface area contributed by atoms with Crippen LogP contribution in [0.4, 0.5) is 5.69 Å². The number of benzene rings is 1. The Morgan fingerprint density at radius 2 is 1.80 bits per heavy atom. The van der Waals surface area contributed by atoms with Gasteiger partial charge >= 0.3 is 5.97 Å². The highest BCUT2D eigenvalue weighted by Gasteiger charge is 2.20. The van der Waals surface area contributed by atoms with Gasteiger partial charge < -0.3 is 20.2 Å². The van der Waals surface area contributed by atoms with Crippen LogP contribution in [0.15, 0.2) is 34.9 Å². The van der Waals surface area contributed by atoms with Crippen LogP contribution in [0.1, 0.15) is 45.4 Å². The molecule has 132 valence electrons. The third-order valence-electron chi connectivity index (χ3n) is 3.53. The van der Waals surface area contributed by atoms with Crippen molar-refractivity contribution in [2.75, 3.05) is 11.9 Å². The van der Waals surface area contributed by atoms with Gasteiger partial charge in [-0.3, -0.25) is 14.4 Å². The van der Waals surface area contributed by atoms with Crippen molar-refractivity contribution in [3.05, 3.63) is 53.0 Å². The van der Waals surface area contributed by atoms with Gasteiger partial charge in [0.1, 0.15) is 12.2 Å². The maximum atomic E-state index is 12.4. The standard InChI is InChI=1S/C18H20N2O5/c1-3-8-19-17(23)12-4-6-13(7-5-12)20-18(24)16-11(2)10-25-14(16)9-15(21)22/h4-7,10H,3,8-9H2,1-2H3,(H,19,23)(H,20,24)(H,21,22). The minimum Gasteiger partial charge on any atom is -0.481 e. The summed E-state index contributed by atoms with van der Waals surface area (Å²) >= 11 is 0. The summed E-state index contributed by atoms with van der Waals surface area (Å²) in [5, 5.41) is 14.3. The lowest BCUT2D eigenvalue weighted by Crippen LogP contribution is -2.23. The first kappa shape index (κ1) is 18.3. The van der Waals surface area contributed by atoms with E-state index >= 15 is 0 Å². The zero-order valence-corrected chi connectivity index (χ0v) is 14.1. The van der Waals surface area contributed by atoms with E-state index in [1.54, 1.807) is 31.2 Å². The van der Waals surface area contributed by atoms with Crippen molar-refractivity contribution in [1.82, 2.24) is 5.32 Å². The fraction of sp³-hybridized carbons (Fsp3) is 0.278. The fourth-order valence-electron chi connectivity index (χ4n) is 2.31. The van der Waals surface area contributed by atoms with Gasteiger partial charge in [-0.25, -0.2) is 0 Å². The topological polar surface area (TPSA) is 109 Å². The predicted octanol–water partition coefficient (Wildman–Crippen LogP) is 2.61. The van der Waals surface area contributed by atoms with Crippen LogP contribution in [-0.2, 0) is 11.2 Å². The maximum Gasteiger partial charge on any atom is 0.311 e. The number of amides is 2. The van der Waals surface area contributed by atoms with E-state index in [-0.39, 0.29) is 23.7 Å². The van der Waals surface area contributed by atoms with Crippen LogP contribution >= 0.6 is 0 Å². The molecule has 0 radical (unpaired) electrons. The van der Waals surface area contributed by atoms with E-state index in [4.69, 9.17) is 9.52 Å². The molecule has 1 heterocycles. The molecule has 2 rings (SSSR count). The number of aliphatic carboxylic acids is 1. The van der Waals surface area contributed by atoms with E-state index in [0.29, 0.717) is 23.4 Å². The summed E-state index contributed by atoms with van der Waals surface area (Å²) in [5.74, 6) is -1.59. The number of anilines is 1. The molecule has 25 heavy (non-hydrogen) atoms. The average Bonchev–Trinajstić information content (AvgIpc) is 2.93. The van der Waals surface area contributed by atoms with Gasteiger partial charge in [0.05, 0.1) is 11.8 Å². The Morgan fingerprint density at radius 3 is 2.40 bits per heavy atom. The van der Waals surface area contributed by atoms with Gasteiger partial charge in [0.15, 0.2) is 0 Å². The van der Waals surface area contributed by atoms with Crippen molar-refractivity contribution in [3.8, 4) is 0 Å². The van der Waals surface area contributed by atoms with E-state index in [0.717, 1.165) is 6.42 Å². The number of hydrogen-bond acceptors (Lipinski definition) is 4. The second-order valence-electron chi connectivity index (χ2n) is 5.57. The van der Waals surface area contributed by atoms with Crippen LogP contribution in [-0.4, -0.2) is 29.4 Å². The van der Waals surface area contributed by atoms with Crippen LogP contribution in [0, 0.1) is 6.92 Å². The molecule has 0 aliphatic carbocycles. The van der Waals surface area contributed by atoms with Crippen molar-refractivity contribution in [1.29, 1.82) is 0 Å². The Morgan fingerprint density at radius 1 is 1.12 bits per heavy atom. The van der Waals surface area contributed by atoms with Crippen LogP contribution in [0.25, 0.3) is 0 Å². The average molecular weight is 344 g/mol. The summed E-state index contributed by atoms with van der Waals surface area (Å²) in [6, 6.07) is 6.46. The highest BCUT2D eigenvalue weighted by Crippen LogP contribution is 2.20. The van der Waals surface area contributed by atoms with Gasteiger partial charge in [-0.2, -0.15) is 0 Å². The van der Waals surface area contributed by atoms with Gasteiger partial charge in [-0.05, 0) is 37.6 Å². The lowest BCUT2D eigenvalue weighted by molar-refractivity contribution is -0.136. The van der Waals surface area contributed by atoms with Crippen LogP contribution in [0.3, 0.4) is 0 Å². The van der Waals surface area contributed by atoms with Gasteiger partial charge in [0.2, 0.25) is 0 Å². The third-order valence-corrected chi connectivity index (χ3v) is 3.53. The monoisotopic (exact) mass is 344 g/mol. The molecular formula is C18H20N2O5. The van der Waals surface area contributed by atoms with E-state index in [1.165, 1.54) is 6.26 Å². The van der Waals surface area contributed by atoms with Crippen LogP contribution in [0.2, 0.25) is 0 Å². The maximum absolute atomic E-state index is 12.4. The molecule has 0 atom stereocenters. The molecule has 0 unspecified atom stereocenters. The molecule has 1 aromatic carbocycles. The molecule has 0 fully saturated rings. The Kier molecular flexibility index (Phi) is 5.94. The zero-order valence-electron chi connectivity index (χ0n) is 14.1. The minimum absolute atomic E-state index is 0.109. The number of hydrogen-bond donors (Lipinski definition) is 3. The SMILES string of the molecule is CCCNC(=O)c1ccc(NC(=O)c2c(C)coc2CC(=O)O)cc1. The van der Waals surface area contributed by atoms with Gasteiger partial charge in [-0.1, -0.05) is 6.92 Å². The second-order valence-corrected chi connectivity index (χ2v) is 5.57. The van der Waals surface area contributed by atoms with Gasteiger partial charge in [-0.15, -0.1) is 0 Å². The smallest absolute Gasteiger partial charge is 0.311 e. The Labute approximate surface area is 145 Å². The molecule has 0 aliphatic rings. The summed E-state index contributed by atoms with van der Waals surface area (Å²) < 4.78 is 5.16. The van der Waals surface area contributed by atoms with E-state index in [9.17, 15) is 14.4 Å². The number of carbonyl (C=O) groups excluding carboxylic acids is 2. The number of carboxylic acid groups (broad SMARTS) is 1. The van der Waals surface area contributed by atoms with E-state index in [1.807, 2.05) is 6.92 Å². The van der Waals surface area contributed by atoms with Crippen molar-refractivity contribution in [2.45, 2.75) is 26.7 Å². The molecule has 7 heteroatoms.